The molecule has 0 spiro atoms. The van der Waals surface area contributed by atoms with Crippen LogP contribution in [-0.4, -0.2) is 14.5 Å². The Morgan fingerprint density at radius 2 is 2.11 bits per heavy atom. The third-order valence-corrected chi connectivity index (χ3v) is 2.90. The lowest BCUT2D eigenvalue weighted by atomic mass is 10.0. The van der Waals surface area contributed by atoms with Crippen molar-refractivity contribution in [1.82, 2.24) is 9.55 Å². The van der Waals surface area contributed by atoms with Gasteiger partial charge in [0.2, 0.25) is 0 Å². The van der Waals surface area contributed by atoms with Gasteiger partial charge in [0.1, 0.15) is 0 Å². The third kappa shape index (κ3) is 2.79. The van der Waals surface area contributed by atoms with Crippen molar-refractivity contribution in [3.63, 3.8) is 0 Å². The van der Waals surface area contributed by atoms with E-state index < -0.39 is 5.54 Å². The van der Waals surface area contributed by atoms with E-state index in [0.29, 0.717) is 12.1 Å². The number of rotatable bonds is 4. The number of hydrogen-bond acceptors (Lipinski definition) is 4. The lowest BCUT2D eigenvalue weighted by molar-refractivity contribution is -0.385. The summed E-state index contributed by atoms with van der Waals surface area (Å²) in [5, 5.41) is 11.0. The molecule has 19 heavy (non-hydrogen) atoms. The average Bonchev–Trinajstić information content (AvgIpc) is 2.77. The number of nitro benzene ring substituents is 1. The van der Waals surface area contributed by atoms with Crippen molar-refractivity contribution in [3.05, 3.63) is 58.2 Å². The van der Waals surface area contributed by atoms with E-state index in [1.54, 1.807) is 30.7 Å². The molecule has 0 unspecified atom stereocenters. The van der Waals surface area contributed by atoms with Crippen molar-refractivity contribution < 1.29 is 4.92 Å². The van der Waals surface area contributed by atoms with E-state index in [9.17, 15) is 10.1 Å². The summed E-state index contributed by atoms with van der Waals surface area (Å²) in [7, 11) is 0. The van der Waals surface area contributed by atoms with Gasteiger partial charge >= 0.3 is 0 Å². The molecule has 0 amide bonds. The van der Waals surface area contributed by atoms with Gasteiger partial charge in [-0.25, -0.2) is 4.98 Å². The summed E-state index contributed by atoms with van der Waals surface area (Å²) in [6.07, 6.45) is 3.33. The standard InChI is InChI=1S/C13H16N4O2/c1-13(2,14)12-7-15-9-16(12)8-10-5-3-4-6-11(10)17(18)19/h3-7,9H,8,14H2,1-2H3. The molecule has 0 aliphatic rings. The van der Waals surface area contributed by atoms with E-state index in [4.69, 9.17) is 5.73 Å². The van der Waals surface area contributed by atoms with Crippen molar-refractivity contribution in [2.75, 3.05) is 0 Å². The van der Waals surface area contributed by atoms with Crippen LogP contribution >= 0.6 is 0 Å². The molecule has 2 N–H and O–H groups in total. The first-order chi connectivity index (χ1) is 8.89. The Labute approximate surface area is 111 Å². The zero-order valence-electron chi connectivity index (χ0n) is 10.9. The van der Waals surface area contributed by atoms with E-state index in [1.165, 1.54) is 6.07 Å². The molecular formula is C13H16N4O2. The van der Waals surface area contributed by atoms with Crippen molar-refractivity contribution in [2.24, 2.45) is 5.73 Å². The summed E-state index contributed by atoms with van der Waals surface area (Å²) >= 11 is 0. The second-order valence-corrected chi connectivity index (χ2v) is 5.01. The molecule has 0 radical (unpaired) electrons. The van der Waals surface area contributed by atoms with Gasteiger partial charge in [-0.2, -0.15) is 0 Å². The fourth-order valence-electron chi connectivity index (χ4n) is 1.99. The smallest absolute Gasteiger partial charge is 0.274 e. The van der Waals surface area contributed by atoms with Crippen LogP contribution in [0.25, 0.3) is 0 Å². The first kappa shape index (κ1) is 13.2. The molecule has 100 valence electrons. The first-order valence-corrected chi connectivity index (χ1v) is 5.91. The Morgan fingerprint density at radius 3 is 2.74 bits per heavy atom. The normalized spacial score (nSPS) is 11.5. The van der Waals surface area contributed by atoms with Crippen LogP contribution in [0.4, 0.5) is 5.69 Å². The molecule has 2 aromatic rings. The van der Waals surface area contributed by atoms with Crippen LogP contribution in [0.1, 0.15) is 25.1 Å². The Bertz CT molecular complexity index is 599. The summed E-state index contributed by atoms with van der Waals surface area (Å²) in [6, 6.07) is 6.68. The molecule has 1 heterocycles. The van der Waals surface area contributed by atoms with E-state index in [0.717, 1.165) is 5.69 Å². The fourth-order valence-corrected chi connectivity index (χ4v) is 1.99. The molecule has 0 fully saturated rings. The molecule has 0 aliphatic carbocycles. The van der Waals surface area contributed by atoms with Crippen LogP contribution in [0.3, 0.4) is 0 Å². The van der Waals surface area contributed by atoms with Gasteiger partial charge in [-0.05, 0) is 13.8 Å². The minimum absolute atomic E-state index is 0.108. The van der Waals surface area contributed by atoms with Crippen LogP contribution < -0.4 is 5.73 Å². The molecule has 0 aliphatic heterocycles. The van der Waals surface area contributed by atoms with E-state index in [-0.39, 0.29) is 10.6 Å². The number of benzene rings is 1. The van der Waals surface area contributed by atoms with Gasteiger partial charge in [0, 0.05) is 17.8 Å². The number of aromatic nitrogens is 2. The Morgan fingerprint density at radius 1 is 1.42 bits per heavy atom. The minimum Gasteiger partial charge on any atom is -0.328 e. The quantitative estimate of drug-likeness (QED) is 0.673. The van der Waals surface area contributed by atoms with Gasteiger partial charge in [-0.1, -0.05) is 18.2 Å². The molecule has 0 saturated heterocycles. The molecule has 0 atom stereocenters. The van der Waals surface area contributed by atoms with Crippen LogP contribution in [0.2, 0.25) is 0 Å². The number of nitrogens with zero attached hydrogens (tertiary/aromatic N) is 3. The van der Waals surface area contributed by atoms with Crippen molar-refractivity contribution in [3.8, 4) is 0 Å². The van der Waals surface area contributed by atoms with Crippen molar-refractivity contribution >= 4 is 5.69 Å². The van der Waals surface area contributed by atoms with Gasteiger partial charge < -0.3 is 10.3 Å². The zero-order chi connectivity index (χ0) is 14.0. The molecule has 1 aromatic carbocycles. The van der Waals surface area contributed by atoms with Crippen LogP contribution in [0.5, 0.6) is 0 Å². The molecule has 2 rings (SSSR count). The average molecular weight is 260 g/mol. The number of nitro groups is 1. The summed E-state index contributed by atoms with van der Waals surface area (Å²) < 4.78 is 1.84. The Hall–Kier alpha value is -2.21. The van der Waals surface area contributed by atoms with Gasteiger partial charge in [-0.3, -0.25) is 10.1 Å². The number of imidazole rings is 1. The van der Waals surface area contributed by atoms with Crippen molar-refractivity contribution in [1.29, 1.82) is 0 Å². The predicted octanol–water partition coefficient (Wildman–Crippen LogP) is 2.03. The van der Waals surface area contributed by atoms with Crippen LogP contribution in [0.15, 0.2) is 36.8 Å². The largest absolute Gasteiger partial charge is 0.328 e. The van der Waals surface area contributed by atoms with E-state index in [2.05, 4.69) is 4.98 Å². The second kappa shape index (κ2) is 4.81. The molecule has 0 bridgehead atoms. The highest BCUT2D eigenvalue weighted by atomic mass is 16.6. The van der Waals surface area contributed by atoms with Crippen LogP contribution in [-0.2, 0) is 12.1 Å². The summed E-state index contributed by atoms with van der Waals surface area (Å²) in [4.78, 5) is 14.7. The zero-order valence-corrected chi connectivity index (χ0v) is 10.9. The Kier molecular flexibility index (Phi) is 3.35. The molecular weight excluding hydrogens is 244 g/mol. The first-order valence-electron chi connectivity index (χ1n) is 5.91. The number of hydrogen-bond donors (Lipinski definition) is 1. The highest BCUT2D eigenvalue weighted by Crippen LogP contribution is 2.22. The predicted molar refractivity (Wildman–Crippen MR) is 71.6 cm³/mol. The third-order valence-electron chi connectivity index (χ3n) is 2.90. The molecule has 0 saturated carbocycles. The highest BCUT2D eigenvalue weighted by Gasteiger charge is 2.20. The molecule has 6 nitrogen and oxygen atoms in total. The summed E-state index contributed by atoms with van der Waals surface area (Å²) in [6.45, 7) is 4.13. The van der Waals surface area contributed by atoms with Gasteiger partial charge in [0.15, 0.2) is 0 Å². The minimum atomic E-state index is -0.542. The van der Waals surface area contributed by atoms with E-state index >= 15 is 0 Å². The monoisotopic (exact) mass is 260 g/mol. The van der Waals surface area contributed by atoms with Crippen molar-refractivity contribution in [2.45, 2.75) is 25.9 Å². The lowest BCUT2D eigenvalue weighted by Crippen LogP contribution is -2.31. The number of nitrogens with two attached hydrogens (primary N) is 1. The second-order valence-electron chi connectivity index (χ2n) is 5.01. The Balaban J connectivity index is 2.38. The topological polar surface area (TPSA) is 87.0 Å². The maximum atomic E-state index is 11.0. The maximum Gasteiger partial charge on any atom is 0.274 e. The maximum absolute atomic E-state index is 11.0. The van der Waals surface area contributed by atoms with Crippen LogP contribution in [0, 0.1) is 10.1 Å². The SMILES string of the molecule is CC(C)(N)c1cncn1Cc1ccccc1[N+](=O)[O-]. The lowest BCUT2D eigenvalue weighted by Gasteiger charge is -2.20. The highest BCUT2D eigenvalue weighted by molar-refractivity contribution is 5.40. The molecule has 6 heteroatoms. The summed E-state index contributed by atoms with van der Waals surface area (Å²) in [5.74, 6) is 0. The van der Waals surface area contributed by atoms with Gasteiger partial charge in [0.25, 0.3) is 5.69 Å². The van der Waals surface area contributed by atoms with Gasteiger partial charge in [-0.15, -0.1) is 0 Å². The number of para-hydroxylation sites is 1. The molecule has 1 aromatic heterocycles. The van der Waals surface area contributed by atoms with E-state index in [1.807, 2.05) is 18.4 Å². The fraction of sp³-hybridized carbons (Fsp3) is 0.308. The van der Waals surface area contributed by atoms with Gasteiger partial charge in [0.05, 0.1) is 29.0 Å². The summed E-state index contributed by atoms with van der Waals surface area (Å²) in [5.41, 5.74) is 7.10.